The van der Waals surface area contributed by atoms with E-state index >= 15 is 0 Å². The zero-order valence-corrected chi connectivity index (χ0v) is 20.8. The number of thiazole rings is 1. The van der Waals surface area contributed by atoms with Crippen LogP contribution in [0.5, 0.6) is 5.75 Å². The lowest BCUT2D eigenvalue weighted by Crippen LogP contribution is -2.31. The highest BCUT2D eigenvalue weighted by Gasteiger charge is 2.13. The molecule has 0 aliphatic rings. The molecular formula is C21H27BrN2O5S2. The Balaban J connectivity index is 2.14. The van der Waals surface area contributed by atoms with Gasteiger partial charge in [0.1, 0.15) is 12.4 Å². The second-order valence-electron chi connectivity index (χ2n) is 6.76. The molecule has 1 N–H and O–H groups in total. The maximum atomic E-state index is 12.1. The Morgan fingerprint density at radius 2 is 2.10 bits per heavy atom. The van der Waals surface area contributed by atoms with Gasteiger partial charge in [-0.2, -0.15) is 0 Å². The number of halogens is 1. The average Bonchev–Trinajstić information content (AvgIpc) is 3.12. The highest BCUT2D eigenvalue weighted by Crippen LogP contribution is 2.26. The van der Waals surface area contributed by atoms with Crippen molar-refractivity contribution < 1.29 is 22.7 Å². The molecule has 0 saturated carbocycles. The molecule has 170 valence electrons. The summed E-state index contributed by atoms with van der Waals surface area (Å²) < 4.78 is 37.7. The van der Waals surface area contributed by atoms with Crippen LogP contribution >= 0.6 is 27.3 Å². The van der Waals surface area contributed by atoms with Crippen LogP contribution in [0.4, 0.5) is 0 Å². The lowest BCUT2D eigenvalue weighted by Gasteiger charge is -2.10. The Morgan fingerprint density at radius 1 is 1.29 bits per heavy atom. The molecular weight excluding hydrogens is 504 g/mol. The van der Waals surface area contributed by atoms with Crippen LogP contribution in [0.25, 0.3) is 6.08 Å². The molecule has 0 radical (unpaired) electrons. The van der Waals surface area contributed by atoms with E-state index in [0.29, 0.717) is 31.8 Å². The first-order chi connectivity index (χ1) is 14.8. The molecule has 0 aliphatic carbocycles. The molecule has 1 aromatic carbocycles. The molecule has 1 aromatic heterocycles. The normalized spacial score (nSPS) is 11.7. The standard InChI is InChI=1S/C21H27BrN2O5S2/c1-3-4-5-12-31(26,27)24-20(25)9-7-16-6-8-18(29-11-10-28-2)13-17(16)14-21-23-15-19(22)30-21/h6-9,13,15H,3-5,10-12,14H2,1-2H3,(H,24,25)/b9-7+. The summed E-state index contributed by atoms with van der Waals surface area (Å²) in [5.41, 5.74) is 1.69. The zero-order valence-electron chi connectivity index (χ0n) is 17.6. The van der Waals surface area contributed by atoms with Crippen LogP contribution < -0.4 is 9.46 Å². The summed E-state index contributed by atoms with van der Waals surface area (Å²) in [6, 6.07) is 5.53. The Labute approximate surface area is 196 Å². The van der Waals surface area contributed by atoms with Crippen molar-refractivity contribution in [3.05, 3.63) is 50.4 Å². The van der Waals surface area contributed by atoms with Crippen molar-refractivity contribution >= 4 is 49.3 Å². The number of benzene rings is 1. The highest BCUT2D eigenvalue weighted by atomic mass is 79.9. The van der Waals surface area contributed by atoms with E-state index < -0.39 is 15.9 Å². The topological polar surface area (TPSA) is 94.6 Å². The summed E-state index contributed by atoms with van der Waals surface area (Å²) in [4.78, 5) is 16.5. The third-order valence-corrected chi connectivity index (χ3v) is 7.04. The van der Waals surface area contributed by atoms with Gasteiger partial charge < -0.3 is 9.47 Å². The van der Waals surface area contributed by atoms with Crippen molar-refractivity contribution in [1.82, 2.24) is 9.71 Å². The predicted molar refractivity (Wildman–Crippen MR) is 127 cm³/mol. The van der Waals surface area contributed by atoms with Gasteiger partial charge >= 0.3 is 0 Å². The van der Waals surface area contributed by atoms with Gasteiger partial charge in [0.2, 0.25) is 10.0 Å². The smallest absolute Gasteiger partial charge is 0.257 e. The summed E-state index contributed by atoms with van der Waals surface area (Å²) in [7, 11) is -2.02. The van der Waals surface area contributed by atoms with Crippen LogP contribution in [-0.4, -0.2) is 45.4 Å². The molecule has 0 unspecified atom stereocenters. The molecule has 0 spiro atoms. The molecule has 31 heavy (non-hydrogen) atoms. The van der Waals surface area contributed by atoms with Crippen LogP contribution in [0.1, 0.15) is 42.3 Å². The summed E-state index contributed by atoms with van der Waals surface area (Å²) in [5.74, 6) is -0.0411. The molecule has 2 rings (SSSR count). The summed E-state index contributed by atoms with van der Waals surface area (Å²) in [6.07, 6.45) is 7.38. The average molecular weight is 531 g/mol. The van der Waals surface area contributed by atoms with E-state index in [1.54, 1.807) is 25.4 Å². The number of aromatic nitrogens is 1. The van der Waals surface area contributed by atoms with E-state index in [9.17, 15) is 13.2 Å². The van der Waals surface area contributed by atoms with Gasteiger partial charge in [-0.15, -0.1) is 11.3 Å². The first kappa shape index (κ1) is 25.5. The van der Waals surface area contributed by atoms with Crippen molar-refractivity contribution in [2.24, 2.45) is 0 Å². The number of hydrogen-bond acceptors (Lipinski definition) is 7. The quantitative estimate of drug-likeness (QED) is 0.308. The van der Waals surface area contributed by atoms with Gasteiger partial charge in [-0.3, -0.25) is 4.79 Å². The second-order valence-corrected chi connectivity index (χ2v) is 11.1. The van der Waals surface area contributed by atoms with Crippen LogP contribution in [-0.2, 0) is 26.0 Å². The Kier molecular flexibility index (Phi) is 10.7. The molecule has 7 nitrogen and oxygen atoms in total. The molecule has 0 saturated heterocycles. The van der Waals surface area contributed by atoms with Crippen LogP contribution in [0.2, 0.25) is 0 Å². The molecule has 0 atom stereocenters. The molecule has 10 heteroatoms. The number of rotatable bonds is 13. The van der Waals surface area contributed by atoms with Crippen molar-refractivity contribution in [1.29, 1.82) is 0 Å². The third kappa shape index (κ3) is 9.51. The number of carbonyl (C=O) groups excluding carboxylic acids is 1. The summed E-state index contributed by atoms with van der Waals surface area (Å²) in [6.45, 7) is 2.89. The fourth-order valence-electron chi connectivity index (χ4n) is 2.71. The predicted octanol–water partition coefficient (Wildman–Crippen LogP) is 4.17. The number of amides is 1. The SMILES string of the molecule is CCCCCS(=O)(=O)NC(=O)/C=C/c1ccc(OCCOC)cc1Cc1ncc(Br)s1. The zero-order chi connectivity index (χ0) is 22.7. The molecule has 1 amide bonds. The minimum Gasteiger partial charge on any atom is -0.491 e. The third-order valence-electron chi connectivity index (χ3n) is 4.22. The molecule has 0 bridgehead atoms. The van der Waals surface area contributed by atoms with Crippen molar-refractivity contribution in [3.8, 4) is 5.75 Å². The minimum atomic E-state index is -3.63. The molecule has 2 aromatic rings. The van der Waals surface area contributed by atoms with Crippen molar-refractivity contribution in [2.45, 2.75) is 32.6 Å². The van der Waals surface area contributed by atoms with Gasteiger partial charge in [-0.05, 0) is 51.7 Å². The van der Waals surface area contributed by atoms with E-state index in [2.05, 4.69) is 25.6 Å². The first-order valence-corrected chi connectivity index (χ1v) is 13.2. The Morgan fingerprint density at radius 3 is 2.77 bits per heavy atom. The van der Waals surface area contributed by atoms with Crippen LogP contribution in [0.15, 0.2) is 34.3 Å². The van der Waals surface area contributed by atoms with E-state index in [4.69, 9.17) is 9.47 Å². The van der Waals surface area contributed by atoms with Gasteiger partial charge in [0.25, 0.3) is 5.91 Å². The summed E-state index contributed by atoms with van der Waals surface area (Å²) in [5, 5.41) is 0.901. The monoisotopic (exact) mass is 530 g/mol. The van der Waals surface area contributed by atoms with Gasteiger partial charge in [-0.25, -0.2) is 18.1 Å². The number of unbranched alkanes of at least 4 members (excludes halogenated alkanes) is 2. The van der Waals surface area contributed by atoms with Gasteiger partial charge in [0, 0.05) is 19.6 Å². The molecule has 0 aliphatic heterocycles. The fraction of sp³-hybridized carbons (Fsp3) is 0.429. The van der Waals surface area contributed by atoms with Crippen LogP contribution in [0.3, 0.4) is 0 Å². The highest BCUT2D eigenvalue weighted by molar-refractivity contribution is 9.11. The Bertz CT molecular complexity index is 989. The van der Waals surface area contributed by atoms with E-state index in [1.807, 2.05) is 19.1 Å². The van der Waals surface area contributed by atoms with Crippen LogP contribution in [0, 0.1) is 0 Å². The first-order valence-electron chi connectivity index (χ1n) is 9.90. The molecule has 0 fully saturated rings. The number of carbonyl (C=O) groups is 1. The lowest BCUT2D eigenvalue weighted by molar-refractivity contribution is -0.114. The second kappa shape index (κ2) is 12.9. The molecule has 1 heterocycles. The lowest BCUT2D eigenvalue weighted by atomic mass is 10.0. The minimum absolute atomic E-state index is 0.0574. The number of ether oxygens (including phenoxy) is 2. The maximum absolute atomic E-state index is 12.1. The van der Waals surface area contributed by atoms with Gasteiger partial charge in [0.15, 0.2) is 0 Å². The maximum Gasteiger partial charge on any atom is 0.257 e. The Hall–Kier alpha value is -1.75. The fourth-order valence-corrected chi connectivity index (χ4v) is 5.10. The number of hydrogen-bond donors (Lipinski definition) is 1. The van der Waals surface area contributed by atoms with E-state index in [1.165, 1.54) is 17.4 Å². The van der Waals surface area contributed by atoms with Crippen molar-refractivity contribution in [2.75, 3.05) is 26.1 Å². The van der Waals surface area contributed by atoms with Gasteiger partial charge in [0.05, 0.1) is 27.4 Å². The number of nitrogens with one attached hydrogen (secondary N) is 1. The van der Waals surface area contributed by atoms with Crippen molar-refractivity contribution in [3.63, 3.8) is 0 Å². The van der Waals surface area contributed by atoms with E-state index in [0.717, 1.165) is 32.8 Å². The summed E-state index contributed by atoms with van der Waals surface area (Å²) >= 11 is 4.94. The van der Waals surface area contributed by atoms with E-state index in [-0.39, 0.29) is 5.75 Å². The number of nitrogens with zero attached hydrogens (tertiary/aromatic N) is 1. The number of methoxy groups -OCH3 is 1. The van der Waals surface area contributed by atoms with Gasteiger partial charge in [-0.1, -0.05) is 25.8 Å². The largest absolute Gasteiger partial charge is 0.491 e. The number of sulfonamides is 1.